The van der Waals surface area contributed by atoms with E-state index in [1.54, 1.807) is 16.2 Å². The van der Waals surface area contributed by atoms with Gasteiger partial charge in [0.25, 0.3) is 5.91 Å². The van der Waals surface area contributed by atoms with E-state index in [-0.39, 0.29) is 17.9 Å². The van der Waals surface area contributed by atoms with Gasteiger partial charge >= 0.3 is 0 Å². The van der Waals surface area contributed by atoms with E-state index in [4.69, 9.17) is 4.74 Å². The highest BCUT2D eigenvalue weighted by molar-refractivity contribution is 7.17. The lowest BCUT2D eigenvalue weighted by molar-refractivity contribution is -0.127. The summed E-state index contributed by atoms with van der Waals surface area (Å²) in [5, 5.41) is 5.30. The predicted octanol–water partition coefficient (Wildman–Crippen LogP) is 3.67. The highest BCUT2D eigenvalue weighted by Gasteiger charge is 2.39. The van der Waals surface area contributed by atoms with Gasteiger partial charge in [-0.1, -0.05) is 25.7 Å². The van der Waals surface area contributed by atoms with Crippen molar-refractivity contribution in [2.45, 2.75) is 63.6 Å². The Labute approximate surface area is 174 Å². The van der Waals surface area contributed by atoms with Crippen LogP contribution in [-0.4, -0.2) is 46.5 Å². The molecule has 0 aromatic carbocycles. The van der Waals surface area contributed by atoms with Crippen LogP contribution in [0, 0.1) is 0 Å². The Morgan fingerprint density at radius 3 is 2.83 bits per heavy atom. The first-order chi connectivity index (χ1) is 14.2. The molecule has 0 radical (unpaired) electrons. The topological polar surface area (TPSA) is 63.6 Å². The molecule has 29 heavy (non-hydrogen) atoms. The SMILES string of the molecule is O=C(NC1CCCCCC1)C1Cn2c(cc3sccc32)C(=O)N1CC1=CCCO1. The number of rotatable bonds is 4. The maximum Gasteiger partial charge on any atom is 0.271 e. The first-order valence-electron chi connectivity index (χ1n) is 10.7. The lowest BCUT2D eigenvalue weighted by atomic mass is 10.1. The van der Waals surface area contributed by atoms with E-state index in [0.717, 1.165) is 48.1 Å². The van der Waals surface area contributed by atoms with Crippen molar-refractivity contribution >= 4 is 33.4 Å². The molecule has 2 aromatic heterocycles. The molecule has 4 heterocycles. The van der Waals surface area contributed by atoms with Crippen LogP contribution < -0.4 is 5.32 Å². The predicted molar refractivity (Wildman–Crippen MR) is 113 cm³/mol. The summed E-state index contributed by atoms with van der Waals surface area (Å²) >= 11 is 1.63. The molecule has 2 aliphatic heterocycles. The molecule has 0 saturated heterocycles. The maximum atomic E-state index is 13.4. The monoisotopic (exact) mass is 413 g/mol. The summed E-state index contributed by atoms with van der Waals surface area (Å²) in [6.07, 6.45) is 9.77. The number of nitrogens with one attached hydrogen (secondary N) is 1. The smallest absolute Gasteiger partial charge is 0.271 e. The number of ether oxygens (including phenoxy) is 1. The normalized spacial score (nSPS) is 22.9. The number of carbonyl (C=O) groups is 2. The number of nitrogens with zero attached hydrogens (tertiary/aromatic N) is 2. The van der Waals surface area contributed by atoms with Crippen LogP contribution in [-0.2, 0) is 16.1 Å². The standard InChI is InChI=1S/C22H27N3O3S/c26-21(23-15-6-3-1-2-4-7-15)19-14-24-17-9-11-29-20(17)12-18(24)22(27)25(19)13-16-8-5-10-28-16/h8-9,11-12,15,19H,1-7,10,13-14H2,(H,23,26). The van der Waals surface area contributed by atoms with E-state index in [9.17, 15) is 9.59 Å². The molecule has 1 aliphatic carbocycles. The van der Waals surface area contributed by atoms with Crippen molar-refractivity contribution in [2.24, 2.45) is 0 Å². The Morgan fingerprint density at radius 2 is 2.07 bits per heavy atom. The van der Waals surface area contributed by atoms with Crippen LogP contribution in [0.15, 0.2) is 29.3 Å². The van der Waals surface area contributed by atoms with E-state index in [0.29, 0.717) is 25.4 Å². The minimum atomic E-state index is -0.515. The molecule has 5 rings (SSSR count). The van der Waals surface area contributed by atoms with Gasteiger partial charge < -0.3 is 19.5 Å². The van der Waals surface area contributed by atoms with Gasteiger partial charge in [-0.25, -0.2) is 0 Å². The van der Waals surface area contributed by atoms with Crippen molar-refractivity contribution in [2.75, 3.05) is 13.2 Å². The van der Waals surface area contributed by atoms with E-state index in [2.05, 4.69) is 5.32 Å². The third-order valence-corrected chi connectivity index (χ3v) is 7.20. The summed E-state index contributed by atoms with van der Waals surface area (Å²) in [5.41, 5.74) is 1.71. The molecular formula is C22H27N3O3S. The molecule has 2 amide bonds. The Kier molecular flexibility index (Phi) is 5.08. The molecule has 1 saturated carbocycles. The van der Waals surface area contributed by atoms with Crippen molar-refractivity contribution in [3.63, 3.8) is 0 Å². The first kappa shape index (κ1) is 18.7. The van der Waals surface area contributed by atoms with Crippen molar-refractivity contribution < 1.29 is 14.3 Å². The molecule has 2 aromatic rings. The van der Waals surface area contributed by atoms with Crippen LogP contribution in [0.3, 0.4) is 0 Å². The van der Waals surface area contributed by atoms with Crippen molar-refractivity contribution in [3.05, 3.63) is 35.0 Å². The summed E-state index contributed by atoms with van der Waals surface area (Å²) < 4.78 is 8.77. The molecule has 1 unspecified atom stereocenters. The fraction of sp³-hybridized carbons (Fsp3) is 0.545. The van der Waals surface area contributed by atoms with Crippen molar-refractivity contribution in [1.82, 2.24) is 14.8 Å². The second-order valence-corrected chi connectivity index (χ2v) is 9.21. The summed E-state index contributed by atoms with van der Waals surface area (Å²) in [4.78, 5) is 28.4. The Morgan fingerprint density at radius 1 is 1.24 bits per heavy atom. The summed E-state index contributed by atoms with van der Waals surface area (Å²) in [7, 11) is 0. The Hall–Kier alpha value is -2.28. The number of hydrogen-bond acceptors (Lipinski definition) is 4. The number of amides is 2. The molecule has 154 valence electrons. The van der Waals surface area contributed by atoms with Crippen LogP contribution in [0.1, 0.15) is 55.4 Å². The zero-order valence-electron chi connectivity index (χ0n) is 16.6. The minimum Gasteiger partial charge on any atom is -0.496 e. The Bertz CT molecular complexity index is 952. The van der Waals surface area contributed by atoms with E-state index < -0.39 is 6.04 Å². The molecule has 0 bridgehead atoms. The van der Waals surface area contributed by atoms with Crippen LogP contribution in [0.4, 0.5) is 0 Å². The lowest BCUT2D eigenvalue weighted by Crippen LogP contribution is -2.57. The number of hydrogen-bond donors (Lipinski definition) is 1. The van der Waals surface area contributed by atoms with Gasteiger partial charge in [0.15, 0.2) is 0 Å². The molecule has 1 atom stereocenters. The second-order valence-electron chi connectivity index (χ2n) is 8.26. The third-order valence-electron chi connectivity index (χ3n) is 6.34. The summed E-state index contributed by atoms with van der Waals surface area (Å²) in [6.45, 7) is 1.51. The average Bonchev–Trinajstić information content (AvgIpc) is 3.40. The largest absolute Gasteiger partial charge is 0.496 e. The van der Waals surface area contributed by atoms with Crippen molar-refractivity contribution in [3.8, 4) is 0 Å². The molecule has 0 spiro atoms. The number of fused-ring (bicyclic) bond motifs is 3. The molecule has 1 N–H and O–H groups in total. The quantitative estimate of drug-likeness (QED) is 0.778. The van der Waals surface area contributed by atoms with Gasteiger partial charge in [0.1, 0.15) is 17.5 Å². The molecular weight excluding hydrogens is 386 g/mol. The molecule has 3 aliphatic rings. The lowest BCUT2D eigenvalue weighted by Gasteiger charge is -2.36. The average molecular weight is 414 g/mol. The minimum absolute atomic E-state index is 0.0356. The van der Waals surface area contributed by atoms with Crippen molar-refractivity contribution in [1.29, 1.82) is 0 Å². The highest BCUT2D eigenvalue weighted by atomic mass is 32.1. The molecule has 1 fully saturated rings. The van der Waals surface area contributed by atoms with Crippen LogP contribution >= 0.6 is 11.3 Å². The van der Waals surface area contributed by atoms with Gasteiger partial charge in [0.2, 0.25) is 5.91 Å². The Balaban J connectivity index is 1.43. The zero-order valence-corrected chi connectivity index (χ0v) is 17.4. The van der Waals surface area contributed by atoms with E-state index in [1.807, 2.05) is 28.2 Å². The van der Waals surface area contributed by atoms with Gasteiger partial charge in [-0.3, -0.25) is 9.59 Å². The number of thiophene rings is 1. The van der Waals surface area contributed by atoms with Crippen LogP contribution in [0.5, 0.6) is 0 Å². The highest BCUT2D eigenvalue weighted by Crippen LogP contribution is 2.31. The van der Waals surface area contributed by atoms with Gasteiger partial charge in [-0.2, -0.15) is 0 Å². The zero-order chi connectivity index (χ0) is 19.8. The molecule has 7 heteroatoms. The van der Waals surface area contributed by atoms with Gasteiger partial charge in [0, 0.05) is 12.5 Å². The maximum absolute atomic E-state index is 13.4. The number of carbonyl (C=O) groups excluding carboxylic acids is 2. The fourth-order valence-electron chi connectivity index (χ4n) is 4.79. The van der Waals surface area contributed by atoms with E-state index in [1.165, 1.54) is 12.8 Å². The number of aromatic nitrogens is 1. The summed E-state index contributed by atoms with van der Waals surface area (Å²) in [6, 6.07) is 3.70. The van der Waals surface area contributed by atoms with Gasteiger partial charge in [-0.05, 0) is 36.4 Å². The van der Waals surface area contributed by atoms with E-state index >= 15 is 0 Å². The van der Waals surface area contributed by atoms with Crippen LogP contribution in [0.25, 0.3) is 10.2 Å². The van der Waals surface area contributed by atoms with Gasteiger partial charge in [-0.15, -0.1) is 11.3 Å². The second kappa shape index (κ2) is 7.86. The van der Waals surface area contributed by atoms with Gasteiger partial charge in [0.05, 0.1) is 29.9 Å². The fourth-order valence-corrected chi connectivity index (χ4v) is 5.61. The third kappa shape index (κ3) is 3.56. The molecule has 6 nitrogen and oxygen atoms in total. The van der Waals surface area contributed by atoms with Crippen LogP contribution in [0.2, 0.25) is 0 Å². The first-order valence-corrected chi connectivity index (χ1v) is 11.6. The summed E-state index contributed by atoms with van der Waals surface area (Å²) in [5.74, 6) is 0.677.